The predicted molar refractivity (Wildman–Crippen MR) is 55.3 cm³/mol. The zero-order valence-corrected chi connectivity index (χ0v) is 9.12. The summed E-state index contributed by atoms with van der Waals surface area (Å²) in [6, 6.07) is 1.88. The Morgan fingerprint density at radius 1 is 1.07 bits per heavy atom. The van der Waals surface area contributed by atoms with Crippen molar-refractivity contribution >= 4 is 0 Å². The largest absolute Gasteiger partial charge is 0.493 e. The van der Waals surface area contributed by atoms with Crippen LogP contribution in [0.5, 0.6) is 23.0 Å². The molecule has 0 unspecified atom stereocenters. The topological polar surface area (TPSA) is 36.9 Å². The standard InChI is InChI=1S/C11H14O4/c1-7-6-8(12-2)10-11(9(7)13-3)15-5-4-14-10/h6H,4-5H2,1-3H3. The number of benzene rings is 1. The summed E-state index contributed by atoms with van der Waals surface area (Å²) in [5.74, 6) is 2.67. The Kier molecular flexibility index (Phi) is 2.58. The van der Waals surface area contributed by atoms with Crippen molar-refractivity contribution in [2.75, 3.05) is 27.4 Å². The van der Waals surface area contributed by atoms with Crippen LogP contribution in [-0.2, 0) is 0 Å². The molecule has 1 heterocycles. The second-order valence-corrected chi connectivity index (χ2v) is 3.28. The van der Waals surface area contributed by atoms with E-state index in [1.807, 2.05) is 13.0 Å². The van der Waals surface area contributed by atoms with Crippen LogP contribution in [0.2, 0.25) is 0 Å². The molecule has 82 valence electrons. The third-order valence-electron chi connectivity index (χ3n) is 2.34. The molecule has 0 radical (unpaired) electrons. The molecule has 0 spiro atoms. The molecule has 1 aliphatic heterocycles. The molecule has 0 aliphatic carbocycles. The van der Waals surface area contributed by atoms with E-state index in [1.165, 1.54) is 0 Å². The highest BCUT2D eigenvalue weighted by Gasteiger charge is 2.23. The Balaban J connectivity index is 2.60. The maximum Gasteiger partial charge on any atom is 0.207 e. The molecule has 0 N–H and O–H groups in total. The summed E-state index contributed by atoms with van der Waals surface area (Å²) < 4.78 is 21.6. The number of methoxy groups -OCH3 is 2. The Bertz CT molecular complexity index is 373. The molecule has 1 aliphatic rings. The van der Waals surface area contributed by atoms with Crippen LogP contribution < -0.4 is 18.9 Å². The van der Waals surface area contributed by atoms with Gasteiger partial charge in [-0.1, -0.05) is 0 Å². The van der Waals surface area contributed by atoms with E-state index >= 15 is 0 Å². The number of ether oxygens (including phenoxy) is 4. The van der Waals surface area contributed by atoms with Crippen molar-refractivity contribution in [2.24, 2.45) is 0 Å². The quantitative estimate of drug-likeness (QED) is 0.745. The van der Waals surface area contributed by atoms with Crippen LogP contribution in [0, 0.1) is 6.92 Å². The third kappa shape index (κ3) is 1.56. The number of fused-ring (bicyclic) bond motifs is 1. The zero-order chi connectivity index (χ0) is 10.8. The predicted octanol–water partition coefficient (Wildman–Crippen LogP) is 1.78. The molecule has 0 saturated carbocycles. The van der Waals surface area contributed by atoms with Crippen LogP contribution in [0.3, 0.4) is 0 Å². The fraction of sp³-hybridized carbons (Fsp3) is 0.455. The monoisotopic (exact) mass is 210 g/mol. The highest BCUT2D eigenvalue weighted by Crippen LogP contribution is 2.47. The van der Waals surface area contributed by atoms with Crippen molar-refractivity contribution in [2.45, 2.75) is 6.92 Å². The van der Waals surface area contributed by atoms with Gasteiger partial charge in [0.15, 0.2) is 11.5 Å². The second-order valence-electron chi connectivity index (χ2n) is 3.28. The Labute approximate surface area is 88.7 Å². The summed E-state index contributed by atoms with van der Waals surface area (Å²) >= 11 is 0. The van der Waals surface area contributed by atoms with E-state index in [-0.39, 0.29) is 0 Å². The minimum atomic E-state index is 0.537. The molecule has 15 heavy (non-hydrogen) atoms. The van der Waals surface area contributed by atoms with Gasteiger partial charge in [0, 0.05) is 0 Å². The molecule has 2 rings (SSSR count). The molecule has 0 atom stereocenters. The maximum absolute atomic E-state index is 5.54. The van der Waals surface area contributed by atoms with E-state index in [0.717, 1.165) is 5.56 Å². The molecule has 0 aromatic heterocycles. The van der Waals surface area contributed by atoms with Crippen LogP contribution in [0.25, 0.3) is 0 Å². The van der Waals surface area contributed by atoms with E-state index in [4.69, 9.17) is 18.9 Å². The highest BCUT2D eigenvalue weighted by molar-refractivity contribution is 5.63. The van der Waals surface area contributed by atoms with E-state index in [0.29, 0.717) is 36.2 Å². The first kappa shape index (κ1) is 9.96. The normalized spacial score (nSPS) is 13.5. The SMILES string of the molecule is COc1cc(C)c(OC)c2c1OCCO2. The van der Waals surface area contributed by atoms with E-state index in [1.54, 1.807) is 14.2 Å². The van der Waals surface area contributed by atoms with E-state index < -0.39 is 0 Å². The minimum Gasteiger partial charge on any atom is -0.493 e. The number of hydrogen-bond acceptors (Lipinski definition) is 4. The van der Waals surface area contributed by atoms with Gasteiger partial charge in [0.05, 0.1) is 14.2 Å². The van der Waals surface area contributed by atoms with Gasteiger partial charge in [0.2, 0.25) is 11.5 Å². The van der Waals surface area contributed by atoms with Crippen LogP contribution in [-0.4, -0.2) is 27.4 Å². The summed E-state index contributed by atoms with van der Waals surface area (Å²) in [4.78, 5) is 0. The summed E-state index contributed by atoms with van der Waals surface area (Å²) in [5, 5.41) is 0. The third-order valence-corrected chi connectivity index (χ3v) is 2.34. The summed E-state index contributed by atoms with van der Waals surface area (Å²) in [7, 11) is 3.23. The minimum absolute atomic E-state index is 0.537. The lowest BCUT2D eigenvalue weighted by molar-refractivity contribution is 0.158. The smallest absolute Gasteiger partial charge is 0.207 e. The molecule has 1 aromatic rings. The van der Waals surface area contributed by atoms with Gasteiger partial charge in [-0.3, -0.25) is 0 Å². The lowest BCUT2D eigenvalue weighted by atomic mass is 10.1. The maximum atomic E-state index is 5.54. The first-order chi connectivity index (χ1) is 7.27. The number of aryl methyl sites for hydroxylation is 1. The van der Waals surface area contributed by atoms with Crippen molar-refractivity contribution in [3.05, 3.63) is 11.6 Å². The van der Waals surface area contributed by atoms with Crippen LogP contribution in [0.4, 0.5) is 0 Å². The molecule has 0 bridgehead atoms. The first-order valence-corrected chi connectivity index (χ1v) is 4.79. The molecular weight excluding hydrogens is 196 g/mol. The van der Waals surface area contributed by atoms with Gasteiger partial charge in [-0.25, -0.2) is 0 Å². The van der Waals surface area contributed by atoms with Gasteiger partial charge in [-0.2, -0.15) is 0 Å². The average molecular weight is 210 g/mol. The number of hydrogen-bond donors (Lipinski definition) is 0. The van der Waals surface area contributed by atoms with Gasteiger partial charge in [0.1, 0.15) is 13.2 Å². The van der Waals surface area contributed by atoms with Crippen molar-refractivity contribution in [1.82, 2.24) is 0 Å². The fourth-order valence-corrected chi connectivity index (χ4v) is 1.68. The van der Waals surface area contributed by atoms with Crippen LogP contribution in [0.15, 0.2) is 6.07 Å². The summed E-state index contributed by atoms with van der Waals surface area (Å²) in [6.07, 6.45) is 0. The molecule has 1 aromatic carbocycles. The van der Waals surface area contributed by atoms with Crippen LogP contribution in [0.1, 0.15) is 5.56 Å². The van der Waals surface area contributed by atoms with E-state index in [2.05, 4.69) is 0 Å². The molecule has 0 amide bonds. The van der Waals surface area contributed by atoms with Crippen molar-refractivity contribution in [3.63, 3.8) is 0 Å². The fourth-order valence-electron chi connectivity index (χ4n) is 1.68. The van der Waals surface area contributed by atoms with E-state index in [9.17, 15) is 0 Å². The average Bonchev–Trinajstić information content (AvgIpc) is 2.28. The Hall–Kier alpha value is -1.58. The Morgan fingerprint density at radius 3 is 2.33 bits per heavy atom. The highest BCUT2D eigenvalue weighted by atomic mass is 16.6. The van der Waals surface area contributed by atoms with Gasteiger partial charge in [0.25, 0.3) is 0 Å². The lowest BCUT2D eigenvalue weighted by Gasteiger charge is -2.23. The Morgan fingerprint density at radius 2 is 1.73 bits per heavy atom. The van der Waals surface area contributed by atoms with Gasteiger partial charge in [-0.05, 0) is 18.6 Å². The molecular formula is C11H14O4. The number of rotatable bonds is 2. The summed E-state index contributed by atoms with van der Waals surface area (Å²) in [6.45, 7) is 3.02. The lowest BCUT2D eigenvalue weighted by Crippen LogP contribution is -2.17. The van der Waals surface area contributed by atoms with Crippen LogP contribution >= 0.6 is 0 Å². The first-order valence-electron chi connectivity index (χ1n) is 4.79. The molecule has 4 heteroatoms. The summed E-state index contributed by atoms with van der Waals surface area (Å²) in [5.41, 5.74) is 0.971. The van der Waals surface area contributed by atoms with Crippen molar-refractivity contribution < 1.29 is 18.9 Å². The van der Waals surface area contributed by atoms with Gasteiger partial charge in [-0.15, -0.1) is 0 Å². The van der Waals surface area contributed by atoms with Crippen molar-refractivity contribution in [3.8, 4) is 23.0 Å². The van der Waals surface area contributed by atoms with Gasteiger partial charge < -0.3 is 18.9 Å². The second kappa shape index (κ2) is 3.88. The van der Waals surface area contributed by atoms with Gasteiger partial charge >= 0.3 is 0 Å². The molecule has 4 nitrogen and oxygen atoms in total. The molecule has 0 fully saturated rings. The van der Waals surface area contributed by atoms with Crippen molar-refractivity contribution in [1.29, 1.82) is 0 Å². The molecule has 0 saturated heterocycles. The zero-order valence-electron chi connectivity index (χ0n) is 9.12.